The van der Waals surface area contributed by atoms with Crippen molar-refractivity contribution in [2.45, 2.75) is 25.0 Å². The molecule has 2 unspecified atom stereocenters. The second kappa shape index (κ2) is 4.00. The summed E-state index contributed by atoms with van der Waals surface area (Å²) < 4.78 is 0. The minimum Gasteiger partial charge on any atom is -0.382 e. The number of nitrogens with one attached hydrogen (secondary N) is 2. The Morgan fingerprint density at radius 1 is 1.73 bits per heavy atom. The van der Waals surface area contributed by atoms with Crippen molar-refractivity contribution in [3.05, 3.63) is 0 Å². The van der Waals surface area contributed by atoms with Crippen LogP contribution in [-0.2, 0) is 4.79 Å². The fraction of sp³-hybridized carbons (Fsp3) is 0.833. The minimum atomic E-state index is -0.907. The molecule has 3 atom stereocenters. The first-order chi connectivity index (χ1) is 5.25. The molecule has 0 spiro atoms. The maximum atomic E-state index is 11.0. The Hall–Kier alpha value is -0.180. The zero-order valence-electron chi connectivity index (χ0n) is 6.21. The topological polar surface area (TPSA) is 61.4 Å². The monoisotopic (exact) mass is 176 g/mol. The van der Waals surface area contributed by atoms with Gasteiger partial charge in [-0.25, -0.2) is 0 Å². The van der Waals surface area contributed by atoms with Crippen molar-refractivity contribution in [1.29, 1.82) is 0 Å². The lowest BCUT2D eigenvalue weighted by Crippen LogP contribution is -2.43. The van der Waals surface area contributed by atoms with Gasteiger partial charge < -0.3 is 10.4 Å². The van der Waals surface area contributed by atoms with Gasteiger partial charge in [0.1, 0.15) is 6.10 Å². The molecule has 0 radical (unpaired) electrons. The average Bonchev–Trinajstić information content (AvgIpc) is 2.16. The first kappa shape index (κ1) is 8.91. The summed E-state index contributed by atoms with van der Waals surface area (Å²) in [6.45, 7) is 0.665. The van der Waals surface area contributed by atoms with Gasteiger partial charge in [-0.15, -0.1) is 0 Å². The van der Waals surface area contributed by atoms with E-state index in [0.29, 0.717) is 6.54 Å². The highest BCUT2D eigenvalue weighted by atomic mass is 31.0. The Balaban J connectivity index is 2.56. The Morgan fingerprint density at radius 2 is 2.45 bits per heavy atom. The summed E-state index contributed by atoms with van der Waals surface area (Å²) >= 11 is 0. The number of aliphatic hydroxyl groups excluding tert-OH is 1. The molecule has 1 saturated heterocycles. The van der Waals surface area contributed by atoms with E-state index in [-0.39, 0.29) is 11.9 Å². The van der Waals surface area contributed by atoms with E-state index < -0.39 is 6.10 Å². The van der Waals surface area contributed by atoms with Crippen LogP contribution in [0, 0.1) is 0 Å². The lowest BCUT2D eigenvalue weighted by molar-refractivity contribution is -0.129. The minimum absolute atomic E-state index is 0.123. The number of hydrogen-bond acceptors (Lipinski definition) is 3. The molecule has 5 heteroatoms. The van der Waals surface area contributed by atoms with Gasteiger partial charge in [0.05, 0.1) is 0 Å². The maximum absolute atomic E-state index is 11.0. The van der Waals surface area contributed by atoms with E-state index in [1.807, 2.05) is 0 Å². The third kappa shape index (κ3) is 2.12. The van der Waals surface area contributed by atoms with Gasteiger partial charge >= 0.3 is 0 Å². The normalized spacial score (nSPS) is 32.7. The summed E-state index contributed by atoms with van der Waals surface area (Å²) in [4.78, 5) is 11.0. The SMILES string of the molecule is O=C1NCCC[C@H](NP)C1O. The van der Waals surface area contributed by atoms with Gasteiger partial charge in [0.25, 0.3) is 0 Å². The van der Waals surface area contributed by atoms with Crippen LogP contribution < -0.4 is 10.4 Å². The Morgan fingerprint density at radius 3 is 3.09 bits per heavy atom. The first-order valence-corrected chi connectivity index (χ1v) is 4.25. The maximum Gasteiger partial charge on any atom is 0.250 e. The fourth-order valence-electron chi connectivity index (χ4n) is 1.15. The summed E-state index contributed by atoms with van der Waals surface area (Å²) in [5.74, 6) is -0.276. The molecule has 1 aliphatic heterocycles. The van der Waals surface area contributed by atoms with Gasteiger partial charge in [-0.05, 0) is 12.8 Å². The van der Waals surface area contributed by atoms with Gasteiger partial charge in [-0.3, -0.25) is 9.88 Å². The van der Waals surface area contributed by atoms with E-state index in [4.69, 9.17) is 0 Å². The molecule has 0 aromatic rings. The zero-order valence-corrected chi connectivity index (χ0v) is 7.36. The van der Waals surface area contributed by atoms with Crippen LogP contribution in [0.1, 0.15) is 12.8 Å². The lowest BCUT2D eigenvalue weighted by atomic mass is 10.1. The van der Waals surface area contributed by atoms with Gasteiger partial charge in [0, 0.05) is 12.6 Å². The number of rotatable bonds is 1. The molecule has 0 saturated carbocycles. The fourth-order valence-corrected chi connectivity index (χ4v) is 1.50. The van der Waals surface area contributed by atoms with E-state index in [2.05, 4.69) is 19.8 Å². The molecule has 1 heterocycles. The van der Waals surface area contributed by atoms with Crippen LogP contribution in [0.4, 0.5) is 0 Å². The number of carbonyl (C=O) groups excluding carboxylic acids is 1. The summed E-state index contributed by atoms with van der Waals surface area (Å²) in [5.41, 5.74) is 0. The molecule has 1 rings (SSSR count). The van der Waals surface area contributed by atoms with E-state index in [1.165, 1.54) is 0 Å². The standard InChI is InChI=1S/C6H13N2O2P/c9-5-4(8-11)2-1-3-7-6(5)10/h4-5,8-9H,1-3,11H2,(H,7,10)/t4-,5?/m0/s1. The number of aliphatic hydroxyl groups is 1. The Kier molecular flexibility index (Phi) is 3.24. The van der Waals surface area contributed by atoms with Gasteiger partial charge in [-0.1, -0.05) is 9.39 Å². The molecule has 11 heavy (non-hydrogen) atoms. The van der Waals surface area contributed by atoms with Crippen molar-refractivity contribution in [2.24, 2.45) is 0 Å². The molecule has 0 bridgehead atoms. The third-order valence-corrected chi connectivity index (χ3v) is 2.28. The van der Waals surface area contributed by atoms with Crippen LogP contribution in [0.2, 0.25) is 0 Å². The molecular weight excluding hydrogens is 163 g/mol. The van der Waals surface area contributed by atoms with Crippen molar-refractivity contribution in [3.63, 3.8) is 0 Å². The highest BCUT2D eigenvalue weighted by molar-refractivity contribution is 7.13. The molecule has 1 amide bonds. The van der Waals surface area contributed by atoms with Crippen LogP contribution in [-0.4, -0.2) is 29.7 Å². The van der Waals surface area contributed by atoms with Gasteiger partial charge in [0.2, 0.25) is 5.91 Å². The quantitative estimate of drug-likeness (QED) is 0.449. The van der Waals surface area contributed by atoms with E-state index in [1.54, 1.807) is 0 Å². The third-order valence-electron chi connectivity index (χ3n) is 1.85. The lowest BCUT2D eigenvalue weighted by Gasteiger charge is -2.16. The molecule has 0 aromatic heterocycles. The van der Waals surface area contributed by atoms with Crippen LogP contribution in [0.3, 0.4) is 0 Å². The molecule has 4 nitrogen and oxygen atoms in total. The second-order valence-corrected chi connectivity index (χ2v) is 2.98. The highest BCUT2D eigenvalue weighted by Gasteiger charge is 2.26. The summed E-state index contributed by atoms with van der Waals surface area (Å²) in [5, 5.41) is 14.8. The molecule has 1 aliphatic rings. The van der Waals surface area contributed by atoms with Crippen LogP contribution >= 0.6 is 9.39 Å². The molecule has 3 N–H and O–H groups in total. The van der Waals surface area contributed by atoms with Crippen LogP contribution in [0.5, 0.6) is 0 Å². The van der Waals surface area contributed by atoms with E-state index >= 15 is 0 Å². The predicted octanol–water partition coefficient (Wildman–Crippen LogP) is -0.994. The largest absolute Gasteiger partial charge is 0.382 e. The molecular formula is C6H13N2O2P. The smallest absolute Gasteiger partial charge is 0.250 e. The number of hydrogen-bond donors (Lipinski definition) is 3. The Labute approximate surface area is 68.0 Å². The molecule has 0 aromatic carbocycles. The van der Waals surface area contributed by atoms with E-state index in [9.17, 15) is 9.90 Å². The first-order valence-electron chi connectivity index (χ1n) is 3.67. The van der Waals surface area contributed by atoms with Gasteiger partial charge in [0.15, 0.2) is 0 Å². The van der Waals surface area contributed by atoms with E-state index in [0.717, 1.165) is 12.8 Å². The zero-order chi connectivity index (χ0) is 8.27. The van der Waals surface area contributed by atoms with Crippen molar-refractivity contribution >= 4 is 15.3 Å². The van der Waals surface area contributed by atoms with Crippen molar-refractivity contribution in [3.8, 4) is 0 Å². The average molecular weight is 176 g/mol. The molecule has 0 aliphatic carbocycles. The summed E-state index contributed by atoms with van der Waals surface area (Å²) in [6.07, 6.45) is 0.827. The van der Waals surface area contributed by atoms with Crippen LogP contribution in [0.25, 0.3) is 0 Å². The van der Waals surface area contributed by atoms with Crippen LogP contribution in [0.15, 0.2) is 0 Å². The second-order valence-electron chi connectivity index (χ2n) is 2.65. The molecule has 1 fully saturated rings. The van der Waals surface area contributed by atoms with Crippen molar-refractivity contribution in [2.75, 3.05) is 6.54 Å². The molecule has 64 valence electrons. The highest BCUT2D eigenvalue weighted by Crippen LogP contribution is 2.07. The summed E-state index contributed by atoms with van der Waals surface area (Å²) in [6, 6.07) is -0.123. The predicted molar refractivity (Wildman–Crippen MR) is 44.9 cm³/mol. The number of carbonyl (C=O) groups is 1. The number of amides is 1. The summed E-state index contributed by atoms with van der Waals surface area (Å²) in [7, 11) is 2.32. The van der Waals surface area contributed by atoms with Crippen molar-refractivity contribution < 1.29 is 9.90 Å². The Bertz CT molecular complexity index is 154. The van der Waals surface area contributed by atoms with Crippen molar-refractivity contribution in [1.82, 2.24) is 10.4 Å². The van der Waals surface area contributed by atoms with Gasteiger partial charge in [-0.2, -0.15) is 0 Å².